The minimum Gasteiger partial charge on any atom is -0.391 e. The maximum absolute atomic E-state index is 12.0. The summed E-state index contributed by atoms with van der Waals surface area (Å²) in [6.45, 7) is 7.83. The average molecular weight is 280 g/mol. The van der Waals surface area contributed by atoms with Crippen molar-refractivity contribution in [2.24, 2.45) is 5.92 Å². The number of β-amino-alcohol motifs (C(OH)–C–C–N with tert-alkyl or cyclic N) is 1. The largest absolute Gasteiger partial charge is 0.391 e. The molecule has 2 rings (SSSR count). The summed E-state index contributed by atoms with van der Waals surface area (Å²) in [7, 11) is 0. The van der Waals surface area contributed by atoms with E-state index in [1.54, 1.807) is 0 Å². The predicted molar refractivity (Wildman–Crippen MR) is 76.4 cm³/mol. The van der Waals surface area contributed by atoms with E-state index in [1.807, 2.05) is 31.5 Å². The molecule has 1 fully saturated rings. The van der Waals surface area contributed by atoms with Crippen molar-refractivity contribution in [1.82, 2.24) is 20.4 Å². The van der Waals surface area contributed by atoms with Crippen LogP contribution >= 0.6 is 0 Å². The van der Waals surface area contributed by atoms with Crippen LogP contribution in [0.15, 0.2) is 6.07 Å². The highest BCUT2D eigenvalue weighted by molar-refractivity contribution is 5.76. The van der Waals surface area contributed by atoms with Crippen molar-refractivity contribution in [3.8, 4) is 0 Å². The molecule has 1 saturated heterocycles. The van der Waals surface area contributed by atoms with Crippen molar-refractivity contribution in [3.05, 3.63) is 17.5 Å². The van der Waals surface area contributed by atoms with Crippen molar-refractivity contribution in [3.63, 3.8) is 0 Å². The van der Waals surface area contributed by atoms with Crippen molar-refractivity contribution >= 4 is 5.91 Å². The molecule has 1 aromatic heterocycles. The van der Waals surface area contributed by atoms with Gasteiger partial charge in [0.25, 0.3) is 0 Å². The second kappa shape index (κ2) is 6.37. The lowest BCUT2D eigenvalue weighted by Crippen LogP contribution is -2.35. The molecule has 3 atom stereocenters. The van der Waals surface area contributed by atoms with Gasteiger partial charge in [0.05, 0.1) is 17.8 Å². The molecular weight excluding hydrogens is 256 g/mol. The van der Waals surface area contributed by atoms with Crippen molar-refractivity contribution < 1.29 is 9.90 Å². The van der Waals surface area contributed by atoms with Gasteiger partial charge < -0.3 is 15.7 Å². The highest BCUT2D eigenvalue weighted by Crippen LogP contribution is 2.14. The van der Waals surface area contributed by atoms with Crippen LogP contribution in [0.5, 0.6) is 0 Å². The summed E-state index contributed by atoms with van der Waals surface area (Å²) >= 11 is 0. The molecule has 112 valence electrons. The van der Waals surface area contributed by atoms with E-state index in [0.717, 1.165) is 17.9 Å². The molecule has 1 aliphatic rings. The number of nitrogens with zero attached hydrogens (tertiary/aromatic N) is 2. The van der Waals surface area contributed by atoms with Gasteiger partial charge in [0.15, 0.2) is 0 Å². The molecular formula is C14H24N4O2. The second-order valence-corrected chi connectivity index (χ2v) is 5.71. The summed E-state index contributed by atoms with van der Waals surface area (Å²) in [6.07, 6.45) is 0.0433. The fraction of sp³-hybridized carbons (Fsp3) is 0.714. The van der Waals surface area contributed by atoms with Crippen LogP contribution in [0, 0.1) is 19.8 Å². The summed E-state index contributed by atoms with van der Waals surface area (Å²) < 4.78 is 1.89. The SMILES string of the molecule is Cc1cc(C)n(C(C)CC(=O)NCC2CNCC2O)n1. The molecule has 6 heteroatoms. The highest BCUT2D eigenvalue weighted by atomic mass is 16.3. The molecule has 3 N–H and O–H groups in total. The van der Waals surface area contributed by atoms with Crippen LogP contribution in [0.2, 0.25) is 0 Å². The topological polar surface area (TPSA) is 79.2 Å². The van der Waals surface area contributed by atoms with Crippen molar-refractivity contribution in [2.75, 3.05) is 19.6 Å². The summed E-state index contributed by atoms with van der Waals surface area (Å²) in [5.74, 6) is 0.118. The minimum atomic E-state index is -0.358. The van der Waals surface area contributed by atoms with Gasteiger partial charge in [-0.1, -0.05) is 0 Å². The number of hydrogen-bond donors (Lipinski definition) is 3. The van der Waals surface area contributed by atoms with Crippen LogP contribution in [0.25, 0.3) is 0 Å². The van der Waals surface area contributed by atoms with Crippen LogP contribution in [0.4, 0.5) is 0 Å². The number of aryl methyl sites for hydroxylation is 2. The molecule has 0 spiro atoms. The molecule has 6 nitrogen and oxygen atoms in total. The van der Waals surface area contributed by atoms with Gasteiger partial charge in [-0.2, -0.15) is 5.10 Å². The lowest BCUT2D eigenvalue weighted by molar-refractivity contribution is -0.122. The number of aromatic nitrogens is 2. The van der Waals surface area contributed by atoms with Crippen LogP contribution < -0.4 is 10.6 Å². The summed E-state index contributed by atoms with van der Waals surface area (Å²) in [5.41, 5.74) is 2.04. The van der Waals surface area contributed by atoms with Gasteiger partial charge in [-0.25, -0.2) is 0 Å². The Balaban J connectivity index is 1.80. The first-order chi connectivity index (χ1) is 9.47. The second-order valence-electron chi connectivity index (χ2n) is 5.71. The minimum absolute atomic E-state index is 0.00385. The van der Waals surface area contributed by atoms with Gasteiger partial charge in [-0.05, 0) is 26.8 Å². The first-order valence-electron chi connectivity index (χ1n) is 7.15. The Bertz CT molecular complexity index is 472. The van der Waals surface area contributed by atoms with Gasteiger partial charge in [0.1, 0.15) is 0 Å². The maximum atomic E-state index is 12.0. The van der Waals surface area contributed by atoms with Gasteiger partial charge in [0.2, 0.25) is 5.91 Å². The Morgan fingerprint density at radius 2 is 2.35 bits per heavy atom. The van der Waals surface area contributed by atoms with Crippen molar-refractivity contribution in [2.45, 2.75) is 39.3 Å². The maximum Gasteiger partial charge on any atom is 0.222 e. The van der Waals surface area contributed by atoms with Gasteiger partial charge in [-0.3, -0.25) is 9.48 Å². The fourth-order valence-electron chi connectivity index (χ4n) is 2.69. The third-order valence-corrected chi connectivity index (χ3v) is 3.81. The van der Waals surface area contributed by atoms with E-state index in [0.29, 0.717) is 19.5 Å². The number of carbonyl (C=O) groups excluding carboxylic acids is 1. The van der Waals surface area contributed by atoms with Crippen LogP contribution in [0.1, 0.15) is 30.8 Å². The number of nitrogens with one attached hydrogen (secondary N) is 2. The first kappa shape index (κ1) is 15.0. The highest BCUT2D eigenvalue weighted by Gasteiger charge is 2.25. The zero-order valence-electron chi connectivity index (χ0n) is 12.4. The van der Waals surface area contributed by atoms with E-state index in [-0.39, 0.29) is 24.0 Å². The van der Waals surface area contributed by atoms with E-state index < -0.39 is 0 Å². The lowest BCUT2D eigenvalue weighted by Gasteiger charge is -2.17. The Morgan fingerprint density at radius 3 is 2.90 bits per heavy atom. The van der Waals surface area contributed by atoms with Crippen LogP contribution in [-0.2, 0) is 4.79 Å². The third-order valence-electron chi connectivity index (χ3n) is 3.81. The van der Waals surface area contributed by atoms with Crippen LogP contribution in [-0.4, -0.2) is 46.5 Å². The molecule has 1 aromatic rings. The quantitative estimate of drug-likeness (QED) is 0.717. The average Bonchev–Trinajstić information content (AvgIpc) is 2.92. The van der Waals surface area contributed by atoms with Gasteiger partial charge >= 0.3 is 0 Å². The Labute approximate surface area is 119 Å². The Kier molecular flexibility index (Phi) is 4.77. The third kappa shape index (κ3) is 3.58. The van der Waals surface area contributed by atoms with Crippen molar-refractivity contribution in [1.29, 1.82) is 0 Å². The normalized spacial score (nSPS) is 23.8. The summed E-state index contributed by atoms with van der Waals surface area (Å²) in [6, 6.07) is 2.05. The first-order valence-corrected chi connectivity index (χ1v) is 7.15. The van der Waals surface area contributed by atoms with Gasteiger partial charge in [0, 0.05) is 37.7 Å². The van der Waals surface area contributed by atoms with E-state index in [9.17, 15) is 9.90 Å². The van der Waals surface area contributed by atoms with E-state index >= 15 is 0 Å². The molecule has 1 aliphatic heterocycles. The molecule has 3 unspecified atom stereocenters. The molecule has 0 aromatic carbocycles. The lowest BCUT2D eigenvalue weighted by atomic mass is 10.1. The zero-order valence-corrected chi connectivity index (χ0v) is 12.4. The molecule has 0 aliphatic carbocycles. The number of amides is 1. The molecule has 0 radical (unpaired) electrons. The molecule has 0 bridgehead atoms. The number of hydrogen-bond acceptors (Lipinski definition) is 4. The molecule has 20 heavy (non-hydrogen) atoms. The molecule has 2 heterocycles. The Hall–Kier alpha value is -1.40. The smallest absolute Gasteiger partial charge is 0.222 e. The molecule has 1 amide bonds. The zero-order chi connectivity index (χ0) is 14.7. The fourth-order valence-corrected chi connectivity index (χ4v) is 2.69. The summed E-state index contributed by atoms with van der Waals surface area (Å²) in [4.78, 5) is 12.0. The van der Waals surface area contributed by atoms with E-state index in [4.69, 9.17) is 0 Å². The van der Waals surface area contributed by atoms with E-state index in [1.165, 1.54) is 0 Å². The van der Waals surface area contributed by atoms with Gasteiger partial charge in [-0.15, -0.1) is 0 Å². The summed E-state index contributed by atoms with van der Waals surface area (Å²) in [5, 5.41) is 20.1. The Morgan fingerprint density at radius 1 is 1.60 bits per heavy atom. The van der Waals surface area contributed by atoms with E-state index in [2.05, 4.69) is 15.7 Å². The van der Waals surface area contributed by atoms with Crippen LogP contribution in [0.3, 0.4) is 0 Å². The predicted octanol–water partition coefficient (Wildman–Crippen LogP) is 0.148. The standard InChI is InChI=1S/C14H24N4O2/c1-9-4-10(2)18(17-9)11(3)5-14(20)16-7-12-6-15-8-13(12)19/h4,11-13,15,19H,5-8H2,1-3H3,(H,16,20). The number of rotatable bonds is 5. The number of aliphatic hydroxyl groups is 1. The monoisotopic (exact) mass is 280 g/mol. The number of carbonyl (C=O) groups is 1. The number of aliphatic hydroxyl groups excluding tert-OH is 1. The molecule has 0 saturated carbocycles.